The zero-order valence-corrected chi connectivity index (χ0v) is 17.3. The van der Waals surface area contributed by atoms with Gasteiger partial charge in [0.15, 0.2) is 5.13 Å². The summed E-state index contributed by atoms with van der Waals surface area (Å²) >= 11 is 1.49. The van der Waals surface area contributed by atoms with Crippen molar-refractivity contribution in [2.75, 3.05) is 5.32 Å². The third-order valence-electron chi connectivity index (χ3n) is 4.69. The second-order valence-electron chi connectivity index (χ2n) is 7.12. The number of anilines is 1. The van der Waals surface area contributed by atoms with Crippen molar-refractivity contribution in [2.45, 2.75) is 26.2 Å². The quantitative estimate of drug-likeness (QED) is 0.398. The molecule has 0 bridgehead atoms. The lowest BCUT2D eigenvalue weighted by Crippen LogP contribution is -2.11. The molecule has 0 radical (unpaired) electrons. The molecule has 30 heavy (non-hydrogen) atoms. The van der Waals surface area contributed by atoms with E-state index >= 15 is 0 Å². The number of aryl methyl sites for hydroxylation is 2. The molecule has 0 saturated carbocycles. The smallest absolute Gasteiger partial charge is 0.226 e. The topological polar surface area (TPSA) is 55.1 Å². The van der Waals surface area contributed by atoms with Crippen molar-refractivity contribution >= 4 is 22.4 Å². The number of rotatable bonds is 7. The normalized spacial score (nSPS) is 10.9. The molecular weight excluding hydrogens is 399 g/mol. The molecule has 1 N–H and O–H groups in total. The molecule has 0 aliphatic rings. The van der Waals surface area contributed by atoms with Crippen LogP contribution in [0.25, 0.3) is 11.3 Å². The van der Waals surface area contributed by atoms with Crippen LogP contribution in [-0.2, 0) is 17.6 Å². The zero-order valence-electron chi connectivity index (χ0n) is 16.5. The van der Waals surface area contributed by atoms with Crippen LogP contribution in [-0.4, -0.2) is 10.9 Å². The number of benzene rings is 2. The van der Waals surface area contributed by atoms with Gasteiger partial charge in [0.25, 0.3) is 0 Å². The van der Waals surface area contributed by atoms with Crippen molar-refractivity contribution < 1.29 is 13.6 Å². The van der Waals surface area contributed by atoms with E-state index in [-0.39, 0.29) is 11.7 Å². The maximum atomic E-state index is 13.0. The summed E-state index contributed by atoms with van der Waals surface area (Å²) < 4.78 is 18.8. The number of carbonyl (C=O) groups excluding carboxylic acids is 1. The SMILES string of the molecule is Cc1ccc(Cc2cnc(NC(=O)CCc3ccc(-c4ccc(F)cc4)o3)s2)cc1. The van der Waals surface area contributed by atoms with E-state index in [0.717, 1.165) is 16.9 Å². The van der Waals surface area contributed by atoms with Gasteiger partial charge in [0.1, 0.15) is 17.3 Å². The summed E-state index contributed by atoms with van der Waals surface area (Å²) in [6.07, 6.45) is 3.38. The average Bonchev–Trinajstić information content (AvgIpc) is 3.38. The molecule has 2 heterocycles. The van der Waals surface area contributed by atoms with E-state index in [1.807, 2.05) is 18.3 Å². The number of carbonyl (C=O) groups is 1. The average molecular weight is 421 g/mol. The van der Waals surface area contributed by atoms with Crippen LogP contribution in [0.15, 0.2) is 71.3 Å². The van der Waals surface area contributed by atoms with Gasteiger partial charge in [-0.2, -0.15) is 0 Å². The van der Waals surface area contributed by atoms with Crippen LogP contribution in [0, 0.1) is 12.7 Å². The molecule has 4 rings (SSSR count). The van der Waals surface area contributed by atoms with Gasteiger partial charge in [0, 0.05) is 35.9 Å². The number of thiazole rings is 1. The molecule has 4 nitrogen and oxygen atoms in total. The fourth-order valence-corrected chi connectivity index (χ4v) is 3.92. The number of aromatic nitrogens is 1. The minimum atomic E-state index is -0.286. The van der Waals surface area contributed by atoms with Crippen LogP contribution in [0.5, 0.6) is 0 Å². The van der Waals surface area contributed by atoms with Crippen LogP contribution < -0.4 is 5.32 Å². The fraction of sp³-hybridized carbons (Fsp3) is 0.167. The molecule has 0 aliphatic carbocycles. The number of nitrogens with zero attached hydrogens (tertiary/aromatic N) is 1. The van der Waals surface area contributed by atoms with Crippen molar-refractivity contribution in [1.29, 1.82) is 0 Å². The number of hydrogen-bond donors (Lipinski definition) is 1. The maximum Gasteiger partial charge on any atom is 0.226 e. The molecule has 0 fully saturated rings. The fourth-order valence-electron chi connectivity index (χ4n) is 3.05. The third-order valence-corrected chi connectivity index (χ3v) is 5.60. The van der Waals surface area contributed by atoms with E-state index in [9.17, 15) is 9.18 Å². The van der Waals surface area contributed by atoms with Gasteiger partial charge in [-0.15, -0.1) is 11.3 Å². The highest BCUT2D eigenvalue weighted by Crippen LogP contribution is 2.24. The van der Waals surface area contributed by atoms with E-state index in [4.69, 9.17) is 4.42 Å². The molecular formula is C24H21FN2O2S. The number of hydrogen-bond acceptors (Lipinski definition) is 4. The maximum absolute atomic E-state index is 13.0. The van der Waals surface area contributed by atoms with Gasteiger partial charge in [-0.05, 0) is 48.9 Å². The van der Waals surface area contributed by atoms with Gasteiger partial charge in [-0.1, -0.05) is 29.8 Å². The van der Waals surface area contributed by atoms with Gasteiger partial charge in [-0.25, -0.2) is 9.37 Å². The van der Waals surface area contributed by atoms with Crippen LogP contribution >= 0.6 is 11.3 Å². The first-order valence-electron chi connectivity index (χ1n) is 9.70. The highest BCUT2D eigenvalue weighted by molar-refractivity contribution is 7.15. The summed E-state index contributed by atoms with van der Waals surface area (Å²) in [5, 5.41) is 3.46. The van der Waals surface area contributed by atoms with Gasteiger partial charge < -0.3 is 9.73 Å². The highest BCUT2D eigenvalue weighted by atomic mass is 32.1. The number of furan rings is 1. The predicted molar refractivity (Wildman–Crippen MR) is 117 cm³/mol. The molecule has 0 aliphatic heterocycles. The number of amides is 1. The predicted octanol–water partition coefficient (Wildman–Crippen LogP) is 6.01. The first-order chi connectivity index (χ1) is 14.5. The van der Waals surface area contributed by atoms with Gasteiger partial charge >= 0.3 is 0 Å². The Labute approximate surface area is 178 Å². The van der Waals surface area contributed by atoms with Gasteiger partial charge in [0.05, 0.1) is 0 Å². The molecule has 1 amide bonds. The molecule has 6 heteroatoms. The van der Waals surface area contributed by atoms with Gasteiger partial charge in [0.2, 0.25) is 5.91 Å². The molecule has 0 saturated heterocycles. The molecule has 0 atom stereocenters. The molecule has 4 aromatic rings. The number of nitrogens with one attached hydrogen (secondary N) is 1. The van der Waals surface area contributed by atoms with Crippen molar-refractivity contribution in [3.05, 3.63) is 94.4 Å². The monoisotopic (exact) mass is 420 g/mol. The first-order valence-corrected chi connectivity index (χ1v) is 10.5. The largest absolute Gasteiger partial charge is 0.461 e. The van der Waals surface area contributed by atoms with Crippen molar-refractivity contribution in [1.82, 2.24) is 4.98 Å². The van der Waals surface area contributed by atoms with Crippen LogP contribution in [0.3, 0.4) is 0 Å². The van der Waals surface area contributed by atoms with Crippen molar-refractivity contribution in [3.8, 4) is 11.3 Å². The Bertz CT molecular complexity index is 1130. The Morgan fingerprint density at radius 3 is 2.60 bits per heavy atom. The van der Waals surface area contributed by atoms with Gasteiger partial charge in [-0.3, -0.25) is 4.79 Å². The van der Waals surface area contributed by atoms with E-state index < -0.39 is 0 Å². The summed E-state index contributed by atoms with van der Waals surface area (Å²) in [5.41, 5.74) is 3.25. The number of halogens is 1. The van der Waals surface area contributed by atoms with Crippen LogP contribution in [0.2, 0.25) is 0 Å². The van der Waals surface area contributed by atoms with Crippen LogP contribution in [0.1, 0.15) is 28.2 Å². The molecule has 152 valence electrons. The molecule has 2 aromatic carbocycles. The Kier molecular flexibility index (Phi) is 6.05. The zero-order chi connectivity index (χ0) is 20.9. The molecule has 2 aromatic heterocycles. The van der Waals surface area contributed by atoms with Crippen LogP contribution in [0.4, 0.5) is 9.52 Å². The van der Waals surface area contributed by atoms with Crippen molar-refractivity contribution in [2.24, 2.45) is 0 Å². The third kappa shape index (κ3) is 5.21. The molecule has 0 spiro atoms. The lowest BCUT2D eigenvalue weighted by molar-refractivity contribution is -0.116. The lowest BCUT2D eigenvalue weighted by atomic mass is 10.1. The second-order valence-corrected chi connectivity index (χ2v) is 8.23. The highest BCUT2D eigenvalue weighted by Gasteiger charge is 2.10. The molecule has 0 unspecified atom stereocenters. The minimum absolute atomic E-state index is 0.106. The Balaban J connectivity index is 1.28. The first kappa shape index (κ1) is 20.0. The Hall–Kier alpha value is -3.25. The summed E-state index contributed by atoms with van der Waals surface area (Å²) in [5.74, 6) is 0.979. The minimum Gasteiger partial charge on any atom is -0.461 e. The van der Waals surface area contributed by atoms with E-state index in [0.29, 0.717) is 29.5 Å². The standard InChI is InChI=1S/C24H21FN2O2S/c1-16-2-4-17(5-3-16)14-21-15-26-24(30-21)27-23(28)13-11-20-10-12-22(29-20)18-6-8-19(25)9-7-18/h2-10,12,15H,11,13-14H2,1H3,(H,26,27,28). The summed E-state index contributed by atoms with van der Waals surface area (Å²) in [4.78, 5) is 17.7. The Morgan fingerprint density at radius 2 is 1.83 bits per heavy atom. The van der Waals surface area contributed by atoms with E-state index in [2.05, 4.69) is 41.5 Å². The Morgan fingerprint density at radius 1 is 1.07 bits per heavy atom. The lowest BCUT2D eigenvalue weighted by Gasteiger charge is -2.01. The van der Waals surface area contributed by atoms with Crippen molar-refractivity contribution in [3.63, 3.8) is 0 Å². The second kappa shape index (κ2) is 9.05. The van der Waals surface area contributed by atoms with E-state index in [1.165, 1.54) is 34.6 Å². The van der Waals surface area contributed by atoms with E-state index in [1.54, 1.807) is 12.1 Å². The summed E-state index contributed by atoms with van der Waals surface area (Å²) in [6.45, 7) is 2.07. The summed E-state index contributed by atoms with van der Waals surface area (Å²) in [7, 11) is 0. The summed E-state index contributed by atoms with van der Waals surface area (Å²) in [6, 6.07) is 18.2.